The van der Waals surface area contributed by atoms with Gasteiger partial charge >= 0.3 is 0 Å². The average Bonchev–Trinajstić information content (AvgIpc) is 3.11. The summed E-state index contributed by atoms with van der Waals surface area (Å²) in [6, 6.07) is 8.05. The third-order valence-electron chi connectivity index (χ3n) is 3.62. The lowest BCUT2D eigenvalue weighted by molar-refractivity contribution is -0.116. The lowest BCUT2D eigenvalue weighted by atomic mass is 10.3. The van der Waals surface area contributed by atoms with Crippen molar-refractivity contribution in [2.75, 3.05) is 5.32 Å². The van der Waals surface area contributed by atoms with Gasteiger partial charge in [0.25, 0.3) is 0 Å². The first-order valence-corrected chi connectivity index (χ1v) is 8.65. The van der Waals surface area contributed by atoms with Crippen molar-refractivity contribution < 1.29 is 4.79 Å². The molecule has 23 heavy (non-hydrogen) atoms. The largest absolute Gasteiger partial charge is 0.311 e. The number of rotatable bonds is 6. The first kappa shape index (κ1) is 15.7. The number of fused-ring (bicyclic) bond motifs is 1. The second kappa shape index (κ2) is 6.91. The average molecular weight is 328 g/mol. The van der Waals surface area contributed by atoms with Crippen LogP contribution in [0.2, 0.25) is 0 Å². The summed E-state index contributed by atoms with van der Waals surface area (Å²) in [7, 11) is 0. The highest BCUT2D eigenvalue weighted by Gasteiger charge is 2.12. The smallest absolute Gasteiger partial charge is 0.225 e. The maximum absolute atomic E-state index is 12.2. The van der Waals surface area contributed by atoms with Crippen LogP contribution < -0.4 is 5.32 Å². The Bertz CT molecular complexity index is 788. The van der Waals surface area contributed by atoms with Gasteiger partial charge in [-0.15, -0.1) is 11.3 Å². The number of hydrogen-bond acceptors (Lipinski definition) is 4. The molecule has 0 fully saturated rings. The molecule has 0 bridgehead atoms. The van der Waals surface area contributed by atoms with Crippen molar-refractivity contribution in [1.82, 2.24) is 14.8 Å². The molecule has 1 aromatic carbocycles. The molecule has 3 aromatic rings. The molecule has 0 radical (unpaired) electrons. The molecule has 0 atom stereocenters. The summed E-state index contributed by atoms with van der Waals surface area (Å²) in [5, 5.41) is 8.28. The molecule has 1 N–H and O–H groups in total. The summed E-state index contributed by atoms with van der Waals surface area (Å²) in [4.78, 5) is 16.8. The molecule has 0 aliphatic carbocycles. The number of aromatic nitrogens is 3. The van der Waals surface area contributed by atoms with Gasteiger partial charge in [0.05, 0.1) is 21.4 Å². The molecule has 6 heteroatoms. The maximum Gasteiger partial charge on any atom is 0.225 e. The SMILES string of the molecule is CCCn1ncc(C)c1NC(=O)CCc1nc2ccccc2s1. The Kier molecular flexibility index (Phi) is 4.71. The predicted octanol–water partition coefficient (Wildman–Crippen LogP) is 3.78. The predicted molar refractivity (Wildman–Crippen MR) is 93.8 cm³/mol. The Hall–Kier alpha value is -2.21. The van der Waals surface area contributed by atoms with Crippen molar-refractivity contribution >= 4 is 33.3 Å². The molecule has 120 valence electrons. The van der Waals surface area contributed by atoms with Gasteiger partial charge < -0.3 is 5.32 Å². The molecule has 5 nitrogen and oxygen atoms in total. The molecule has 0 saturated carbocycles. The van der Waals surface area contributed by atoms with Crippen LogP contribution in [0.15, 0.2) is 30.5 Å². The highest BCUT2D eigenvalue weighted by atomic mass is 32.1. The van der Waals surface area contributed by atoms with Gasteiger partial charge in [-0.1, -0.05) is 19.1 Å². The molecule has 0 aliphatic heterocycles. The minimum absolute atomic E-state index is 0.00482. The molecule has 0 spiro atoms. The monoisotopic (exact) mass is 328 g/mol. The van der Waals surface area contributed by atoms with Gasteiger partial charge in [0.15, 0.2) is 0 Å². The van der Waals surface area contributed by atoms with E-state index in [0.717, 1.165) is 34.9 Å². The fourth-order valence-electron chi connectivity index (χ4n) is 2.47. The van der Waals surface area contributed by atoms with Crippen LogP contribution in [0.25, 0.3) is 10.2 Å². The second-order valence-corrected chi connectivity index (χ2v) is 6.64. The molecular formula is C17H20N4OS. The number of benzene rings is 1. The number of carbonyl (C=O) groups is 1. The van der Waals surface area contributed by atoms with Gasteiger partial charge in [-0.05, 0) is 25.5 Å². The summed E-state index contributed by atoms with van der Waals surface area (Å²) < 4.78 is 3.02. The van der Waals surface area contributed by atoms with E-state index in [-0.39, 0.29) is 5.91 Å². The zero-order chi connectivity index (χ0) is 16.2. The molecule has 2 aromatic heterocycles. The fourth-order valence-corrected chi connectivity index (χ4v) is 3.43. The van der Waals surface area contributed by atoms with Crippen LogP contribution in [0.1, 0.15) is 30.3 Å². The Morgan fingerprint density at radius 2 is 2.17 bits per heavy atom. The minimum Gasteiger partial charge on any atom is -0.311 e. The molecule has 0 unspecified atom stereocenters. The molecule has 2 heterocycles. The lowest BCUT2D eigenvalue weighted by Crippen LogP contribution is -2.16. The minimum atomic E-state index is 0.00482. The Balaban J connectivity index is 1.62. The van der Waals surface area contributed by atoms with Crippen LogP contribution in [0.5, 0.6) is 0 Å². The number of hydrogen-bond donors (Lipinski definition) is 1. The van der Waals surface area contributed by atoms with Gasteiger partial charge in [0.1, 0.15) is 5.82 Å². The number of thiazole rings is 1. The summed E-state index contributed by atoms with van der Waals surface area (Å²) in [5.41, 5.74) is 2.00. The van der Waals surface area contributed by atoms with Gasteiger partial charge in [0, 0.05) is 24.9 Å². The number of para-hydroxylation sites is 1. The van der Waals surface area contributed by atoms with E-state index in [1.54, 1.807) is 17.5 Å². The fraction of sp³-hybridized carbons (Fsp3) is 0.353. The Morgan fingerprint density at radius 1 is 1.35 bits per heavy atom. The number of nitrogens with zero attached hydrogens (tertiary/aromatic N) is 3. The van der Waals surface area contributed by atoms with E-state index in [2.05, 4.69) is 28.4 Å². The summed E-state index contributed by atoms with van der Waals surface area (Å²) >= 11 is 1.65. The highest BCUT2D eigenvalue weighted by Crippen LogP contribution is 2.22. The number of aryl methyl sites for hydroxylation is 3. The number of nitrogens with one attached hydrogen (secondary N) is 1. The maximum atomic E-state index is 12.2. The Labute approximate surface area is 139 Å². The van der Waals surface area contributed by atoms with Crippen molar-refractivity contribution in [1.29, 1.82) is 0 Å². The molecule has 0 saturated heterocycles. The van der Waals surface area contributed by atoms with Gasteiger partial charge in [-0.2, -0.15) is 5.10 Å². The summed E-state index contributed by atoms with van der Waals surface area (Å²) in [6.45, 7) is 4.86. The van der Waals surface area contributed by atoms with Crippen molar-refractivity contribution in [3.63, 3.8) is 0 Å². The normalized spacial score (nSPS) is 11.0. The van der Waals surface area contributed by atoms with E-state index < -0.39 is 0 Å². The van der Waals surface area contributed by atoms with Crippen molar-refractivity contribution in [2.45, 2.75) is 39.7 Å². The summed E-state index contributed by atoms with van der Waals surface area (Å²) in [5.74, 6) is 0.811. The zero-order valence-electron chi connectivity index (χ0n) is 13.4. The third kappa shape index (κ3) is 3.59. The number of anilines is 1. The zero-order valence-corrected chi connectivity index (χ0v) is 14.2. The molecule has 3 rings (SSSR count). The van der Waals surface area contributed by atoms with E-state index in [1.807, 2.05) is 29.8 Å². The molecular weight excluding hydrogens is 308 g/mol. The first-order valence-electron chi connectivity index (χ1n) is 7.84. The van der Waals surface area contributed by atoms with E-state index in [4.69, 9.17) is 0 Å². The lowest BCUT2D eigenvalue weighted by Gasteiger charge is -2.09. The van der Waals surface area contributed by atoms with Crippen molar-refractivity contribution in [2.24, 2.45) is 0 Å². The topological polar surface area (TPSA) is 59.8 Å². The molecule has 1 amide bonds. The van der Waals surface area contributed by atoms with E-state index >= 15 is 0 Å². The molecule has 0 aliphatic rings. The van der Waals surface area contributed by atoms with Crippen LogP contribution >= 0.6 is 11.3 Å². The number of amides is 1. The van der Waals surface area contributed by atoms with Crippen LogP contribution in [-0.4, -0.2) is 20.7 Å². The van der Waals surface area contributed by atoms with Gasteiger partial charge in [0.2, 0.25) is 5.91 Å². The Morgan fingerprint density at radius 3 is 2.96 bits per heavy atom. The third-order valence-corrected chi connectivity index (χ3v) is 4.72. The van der Waals surface area contributed by atoms with Crippen molar-refractivity contribution in [3.8, 4) is 0 Å². The van der Waals surface area contributed by atoms with Gasteiger partial charge in [-0.3, -0.25) is 4.79 Å². The van der Waals surface area contributed by atoms with E-state index in [1.165, 1.54) is 4.70 Å². The number of carbonyl (C=O) groups excluding carboxylic acids is 1. The van der Waals surface area contributed by atoms with Crippen LogP contribution in [0.4, 0.5) is 5.82 Å². The first-order chi connectivity index (χ1) is 11.2. The quantitative estimate of drug-likeness (QED) is 0.749. The summed E-state index contributed by atoms with van der Waals surface area (Å²) in [6.07, 6.45) is 3.86. The second-order valence-electron chi connectivity index (χ2n) is 5.52. The standard InChI is InChI=1S/C17H20N4OS/c1-3-10-21-17(12(2)11-18-21)20-15(22)8-9-16-19-13-6-4-5-7-14(13)23-16/h4-7,11H,3,8-10H2,1-2H3,(H,20,22). The van der Waals surface area contributed by atoms with Crippen LogP contribution in [0.3, 0.4) is 0 Å². The highest BCUT2D eigenvalue weighted by molar-refractivity contribution is 7.18. The van der Waals surface area contributed by atoms with Crippen LogP contribution in [-0.2, 0) is 17.8 Å². The van der Waals surface area contributed by atoms with Crippen molar-refractivity contribution in [3.05, 3.63) is 41.0 Å². The van der Waals surface area contributed by atoms with Gasteiger partial charge in [-0.25, -0.2) is 9.67 Å². The van der Waals surface area contributed by atoms with E-state index in [9.17, 15) is 4.79 Å². The van der Waals surface area contributed by atoms with E-state index in [0.29, 0.717) is 12.8 Å². The van der Waals surface area contributed by atoms with Crippen LogP contribution in [0, 0.1) is 6.92 Å².